The highest BCUT2D eigenvalue weighted by Gasteiger charge is 2.11. The monoisotopic (exact) mass is 421 g/mol. The molecule has 0 saturated carbocycles. The van der Waals surface area contributed by atoms with Crippen molar-refractivity contribution in [1.29, 1.82) is 0 Å². The summed E-state index contributed by atoms with van der Waals surface area (Å²) < 4.78 is 25.6. The number of primary sulfonamides is 1. The zero-order chi connectivity index (χ0) is 18.9. The topological polar surface area (TPSA) is 121 Å². The summed E-state index contributed by atoms with van der Waals surface area (Å²) in [5, 5.41) is 15.6. The van der Waals surface area contributed by atoms with Crippen LogP contribution in [0.4, 0.5) is 0 Å². The molecule has 27 heavy (non-hydrogen) atoms. The standard InChI is InChI=1S/C15H15N7O2S3/c16-27(23,24)9-1-8-25-11-10-14(20-22-7-5-18-15(11)22)26-13-3-2-12-17-4-6-21(12)19-13/h2-7,10H,1,8-9H2,(H2,16,23,24). The molecule has 0 saturated heterocycles. The molecule has 140 valence electrons. The fourth-order valence-corrected chi connectivity index (χ4v) is 4.99. The van der Waals surface area contributed by atoms with Crippen LogP contribution in [-0.4, -0.2) is 49.1 Å². The van der Waals surface area contributed by atoms with Gasteiger partial charge in [0.15, 0.2) is 11.3 Å². The lowest BCUT2D eigenvalue weighted by Gasteiger charge is -2.07. The second kappa shape index (κ2) is 7.46. The van der Waals surface area contributed by atoms with Gasteiger partial charge in [0.2, 0.25) is 10.0 Å². The zero-order valence-corrected chi connectivity index (χ0v) is 16.4. The number of nitrogens with zero attached hydrogens (tertiary/aromatic N) is 6. The molecule has 2 N–H and O–H groups in total. The number of sulfonamides is 1. The number of hydrogen-bond acceptors (Lipinski definition) is 8. The molecule has 0 bridgehead atoms. The lowest BCUT2D eigenvalue weighted by atomic mass is 10.5. The average Bonchev–Trinajstić information content (AvgIpc) is 3.26. The third kappa shape index (κ3) is 4.40. The van der Waals surface area contributed by atoms with E-state index in [1.54, 1.807) is 33.8 Å². The Morgan fingerprint density at radius 3 is 2.67 bits per heavy atom. The molecule has 0 fully saturated rings. The van der Waals surface area contributed by atoms with Crippen molar-refractivity contribution >= 4 is 44.8 Å². The number of aromatic nitrogens is 6. The number of thioether (sulfide) groups is 1. The van der Waals surface area contributed by atoms with Crippen LogP contribution in [0.15, 0.2) is 57.9 Å². The van der Waals surface area contributed by atoms with Crippen LogP contribution < -0.4 is 5.14 Å². The molecule has 0 aliphatic rings. The lowest BCUT2D eigenvalue weighted by molar-refractivity contribution is 0.596. The largest absolute Gasteiger partial charge is 0.236 e. The van der Waals surface area contributed by atoms with Crippen molar-refractivity contribution in [3.8, 4) is 0 Å². The van der Waals surface area contributed by atoms with Crippen LogP contribution in [0.1, 0.15) is 6.42 Å². The minimum absolute atomic E-state index is 0.0355. The van der Waals surface area contributed by atoms with Crippen molar-refractivity contribution < 1.29 is 8.42 Å². The molecular formula is C15H15N7O2S3. The maximum Gasteiger partial charge on any atom is 0.209 e. The molecule has 4 heterocycles. The Labute approximate surface area is 163 Å². The van der Waals surface area contributed by atoms with Gasteiger partial charge in [0.05, 0.1) is 10.6 Å². The third-order valence-electron chi connectivity index (χ3n) is 3.57. The first-order chi connectivity index (χ1) is 13.0. The maximum atomic E-state index is 11.1. The first kappa shape index (κ1) is 18.2. The molecular weight excluding hydrogens is 406 g/mol. The second-order valence-electron chi connectivity index (χ2n) is 5.61. The summed E-state index contributed by atoms with van der Waals surface area (Å²) in [4.78, 5) is 9.44. The molecule has 0 aliphatic carbocycles. The summed E-state index contributed by atoms with van der Waals surface area (Å²) in [5.74, 6) is 0.582. The Morgan fingerprint density at radius 2 is 1.81 bits per heavy atom. The molecule has 4 aromatic heterocycles. The van der Waals surface area contributed by atoms with E-state index >= 15 is 0 Å². The predicted molar refractivity (Wildman–Crippen MR) is 103 cm³/mol. The van der Waals surface area contributed by atoms with Crippen LogP contribution >= 0.6 is 23.5 Å². The van der Waals surface area contributed by atoms with Crippen molar-refractivity contribution in [3.05, 3.63) is 43.0 Å². The molecule has 0 aliphatic heterocycles. The molecule has 0 atom stereocenters. The number of hydrogen-bond donors (Lipinski definition) is 1. The minimum atomic E-state index is -3.44. The number of nitrogens with two attached hydrogens (primary N) is 1. The molecule has 0 aromatic carbocycles. The van der Waals surface area contributed by atoms with Gasteiger partial charge in [-0.2, -0.15) is 10.2 Å². The van der Waals surface area contributed by atoms with Crippen LogP contribution in [0, 0.1) is 0 Å². The normalized spacial score (nSPS) is 12.2. The SMILES string of the molecule is NS(=O)(=O)CCCSc1cc(Sc2ccc3nccn3n2)nn2ccnc12. The predicted octanol–water partition coefficient (Wildman–Crippen LogP) is 1.69. The first-order valence-corrected chi connectivity index (χ1v) is 11.5. The molecule has 4 rings (SSSR count). The minimum Gasteiger partial charge on any atom is -0.236 e. The highest BCUT2D eigenvalue weighted by molar-refractivity contribution is 8.00. The van der Waals surface area contributed by atoms with E-state index in [-0.39, 0.29) is 5.75 Å². The zero-order valence-electron chi connectivity index (χ0n) is 14.0. The average molecular weight is 422 g/mol. The fourth-order valence-electron chi connectivity index (χ4n) is 2.42. The van der Waals surface area contributed by atoms with E-state index in [2.05, 4.69) is 20.2 Å². The van der Waals surface area contributed by atoms with Gasteiger partial charge in [-0.1, -0.05) is 0 Å². The molecule has 0 spiro atoms. The van der Waals surface area contributed by atoms with Crippen molar-refractivity contribution in [1.82, 2.24) is 29.2 Å². The van der Waals surface area contributed by atoms with Gasteiger partial charge in [-0.3, -0.25) is 0 Å². The highest BCUT2D eigenvalue weighted by atomic mass is 32.2. The van der Waals surface area contributed by atoms with Crippen LogP contribution in [-0.2, 0) is 10.0 Å². The maximum absolute atomic E-state index is 11.1. The molecule has 9 nitrogen and oxygen atoms in total. The summed E-state index contributed by atoms with van der Waals surface area (Å²) in [6, 6.07) is 5.73. The smallest absolute Gasteiger partial charge is 0.209 e. The van der Waals surface area contributed by atoms with Gasteiger partial charge in [-0.15, -0.1) is 11.8 Å². The van der Waals surface area contributed by atoms with E-state index in [0.717, 1.165) is 26.2 Å². The summed E-state index contributed by atoms with van der Waals surface area (Å²) in [7, 11) is -3.44. The van der Waals surface area contributed by atoms with Crippen molar-refractivity contribution in [2.24, 2.45) is 5.14 Å². The van der Waals surface area contributed by atoms with Crippen molar-refractivity contribution in [3.63, 3.8) is 0 Å². The van der Waals surface area contributed by atoms with Gasteiger partial charge in [0.25, 0.3) is 0 Å². The van der Waals surface area contributed by atoms with E-state index in [4.69, 9.17) is 5.14 Å². The Balaban J connectivity index is 1.55. The van der Waals surface area contributed by atoms with Crippen LogP contribution in [0.2, 0.25) is 0 Å². The van der Waals surface area contributed by atoms with Crippen LogP contribution in [0.3, 0.4) is 0 Å². The quantitative estimate of drug-likeness (QED) is 0.353. The third-order valence-corrected chi connectivity index (χ3v) is 6.37. The van der Waals surface area contributed by atoms with E-state index < -0.39 is 10.0 Å². The Morgan fingerprint density at radius 1 is 1.04 bits per heavy atom. The van der Waals surface area contributed by atoms with Gasteiger partial charge >= 0.3 is 0 Å². The van der Waals surface area contributed by atoms with E-state index in [1.807, 2.05) is 18.2 Å². The fraction of sp³-hybridized carbons (Fsp3) is 0.200. The van der Waals surface area contributed by atoms with E-state index in [9.17, 15) is 8.42 Å². The molecule has 0 amide bonds. The summed E-state index contributed by atoms with van der Waals surface area (Å²) in [5.41, 5.74) is 1.52. The van der Waals surface area contributed by atoms with Gasteiger partial charge in [0, 0.05) is 24.8 Å². The summed E-state index contributed by atoms with van der Waals surface area (Å²) >= 11 is 2.96. The Hall–Kier alpha value is -2.15. The molecule has 0 radical (unpaired) electrons. The summed E-state index contributed by atoms with van der Waals surface area (Å²) in [6.07, 6.45) is 7.42. The summed E-state index contributed by atoms with van der Waals surface area (Å²) in [6.45, 7) is 0. The molecule has 4 aromatic rings. The highest BCUT2D eigenvalue weighted by Crippen LogP contribution is 2.30. The lowest BCUT2D eigenvalue weighted by Crippen LogP contribution is -2.16. The van der Waals surface area contributed by atoms with E-state index in [0.29, 0.717) is 12.2 Å². The number of rotatable bonds is 7. The van der Waals surface area contributed by atoms with Crippen molar-refractivity contribution in [2.45, 2.75) is 21.4 Å². The molecule has 12 heteroatoms. The Kier molecular flexibility index (Phi) is 5.04. The van der Waals surface area contributed by atoms with Gasteiger partial charge in [-0.05, 0) is 42.1 Å². The number of imidazole rings is 2. The van der Waals surface area contributed by atoms with Crippen LogP contribution in [0.25, 0.3) is 11.3 Å². The second-order valence-corrected chi connectivity index (χ2v) is 9.53. The van der Waals surface area contributed by atoms with Gasteiger partial charge < -0.3 is 0 Å². The van der Waals surface area contributed by atoms with E-state index in [1.165, 1.54) is 23.5 Å². The van der Waals surface area contributed by atoms with Crippen LogP contribution in [0.5, 0.6) is 0 Å². The van der Waals surface area contributed by atoms with Crippen molar-refractivity contribution in [2.75, 3.05) is 11.5 Å². The first-order valence-electron chi connectivity index (χ1n) is 7.94. The van der Waals surface area contributed by atoms with Gasteiger partial charge in [-0.25, -0.2) is 32.6 Å². The number of fused-ring (bicyclic) bond motifs is 2. The van der Waals surface area contributed by atoms with Gasteiger partial charge in [0.1, 0.15) is 10.1 Å². The molecule has 0 unspecified atom stereocenters. The Bertz CT molecular complexity index is 1200.